The van der Waals surface area contributed by atoms with Crippen LogP contribution in [0, 0.1) is 5.92 Å². The third kappa shape index (κ3) is 3.16. The van der Waals surface area contributed by atoms with Gasteiger partial charge in [-0.15, -0.1) is 0 Å². The molecule has 0 aliphatic rings. The maximum absolute atomic E-state index is 5.60. The third-order valence-electron chi connectivity index (χ3n) is 2.42. The van der Waals surface area contributed by atoms with E-state index in [4.69, 9.17) is 18.0 Å². The van der Waals surface area contributed by atoms with Crippen LogP contribution in [0.4, 0.5) is 5.69 Å². The van der Waals surface area contributed by atoms with E-state index in [-0.39, 0.29) is 0 Å². The first-order valence-electron chi connectivity index (χ1n) is 5.03. The van der Waals surface area contributed by atoms with Gasteiger partial charge in [0.15, 0.2) is 0 Å². The summed E-state index contributed by atoms with van der Waals surface area (Å²) in [5.41, 5.74) is 7.17. The Morgan fingerprint density at radius 1 is 1.47 bits per heavy atom. The standard InChI is InChI=1S/C11H17N3S/c1-7(2)8(3)14-9-5-4-6-13-10(9)11(12)15/h4-8,14H,1-3H3,(H2,12,15). The Morgan fingerprint density at radius 3 is 2.67 bits per heavy atom. The van der Waals surface area contributed by atoms with Crippen LogP contribution >= 0.6 is 12.2 Å². The normalized spacial score (nSPS) is 12.5. The lowest BCUT2D eigenvalue weighted by Gasteiger charge is -2.20. The summed E-state index contributed by atoms with van der Waals surface area (Å²) in [4.78, 5) is 4.49. The molecule has 0 amide bonds. The molecular formula is C11H17N3S. The molecule has 1 aromatic heterocycles. The van der Waals surface area contributed by atoms with Gasteiger partial charge in [-0.2, -0.15) is 0 Å². The molecule has 15 heavy (non-hydrogen) atoms. The highest BCUT2D eigenvalue weighted by atomic mass is 32.1. The molecule has 1 heterocycles. The third-order valence-corrected chi connectivity index (χ3v) is 2.62. The fourth-order valence-corrected chi connectivity index (χ4v) is 1.29. The van der Waals surface area contributed by atoms with Crippen molar-refractivity contribution in [1.29, 1.82) is 0 Å². The van der Waals surface area contributed by atoms with E-state index >= 15 is 0 Å². The maximum atomic E-state index is 5.60. The monoisotopic (exact) mass is 223 g/mol. The van der Waals surface area contributed by atoms with Gasteiger partial charge >= 0.3 is 0 Å². The molecule has 1 atom stereocenters. The van der Waals surface area contributed by atoms with Crippen molar-refractivity contribution in [2.75, 3.05) is 5.32 Å². The van der Waals surface area contributed by atoms with Crippen LogP contribution in [0.5, 0.6) is 0 Å². The molecule has 0 aliphatic heterocycles. The lowest BCUT2D eigenvalue weighted by Crippen LogP contribution is -2.24. The number of thiocarbonyl (C=S) groups is 1. The molecule has 1 aromatic rings. The van der Waals surface area contributed by atoms with Crippen molar-refractivity contribution in [3.05, 3.63) is 24.0 Å². The molecule has 0 radical (unpaired) electrons. The number of aromatic nitrogens is 1. The lowest BCUT2D eigenvalue weighted by atomic mass is 10.1. The molecule has 0 saturated heterocycles. The SMILES string of the molecule is CC(C)C(C)Nc1cccnc1C(N)=S. The number of pyridine rings is 1. The van der Waals surface area contributed by atoms with Gasteiger partial charge in [0.2, 0.25) is 0 Å². The molecule has 0 aromatic carbocycles. The van der Waals surface area contributed by atoms with Crippen LogP contribution in [0.25, 0.3) is 0 Å². The van der Waals surface area contributed by atoms with E-state index in [1.165, 1.54) is 0 Å². The molecule has 0 fully saturated rings. The van der Waals surface area contributed by atoms with Crippen molar-refractivity contribution < 1.29 is 0 Å². The summed E-state index contributed by atoms with van der Waals surface area (Å²) in [6, 6.07) is 4.18. The maximum Gasteiger partial charge on any atom is 0.124 e. The van der Waals surface area contributed by atoms with Crippen molar-refractivity contribution in [2.24, 2.45) is 11.7 Å². The van der Waals surface area contributed by atoms with Gasteiger partial charge in [0, 0.05) is 12.2 Å². The molecule has 0 saturated carbocycles. The first kappa shape index (κ1) is 11.9. The number of rotatable bonds is 4. The average molecular weight is 223 g/mol. The molecule has 0 aliphatic carbocycles. The molecule has 4 heteroatoms. The Balaban J connectivity index is 2.89. The summed E-state index contributed by atoms with van der Waals surface area (Å²) in [6.45, 7) is 6.45. The van der Waals surface area contributed by atoms with Gasteiger partial charge < -0.3 is 11.1 Å². The van der Waals surface area contributed by atoms with Gasteiger partial charge in [-0.25, -0.2) is 0 Å². The van der Waals surface area contributed by atoms with Crippen molar-refractivity contribution in [2.45, 2.75) is 26.8 Å². The Hall–Kier alpha value is -1.16. The van der Waals surface area contributed by atoms with Crippen LogP contribution in [0.1, 0.15) is 26.5 Å². The van der Waals surface area contributed by atoms with Crippen LogP contribution in [-0.4, -0.2) is 16.0 Å². The molecule has 1 rings (SSSR count). The number of anilines is 1. The molecule has 82 valence electrons. The minimum absolute atomic E-state index is 0.328. The predicted molar refractivity (Wildman–Crippen MR) is 68.0 cm³/mol. The highest BCUT2D eigenvalue weighted by Gasteiger charge is 2.11. The van der Waals surface area contributed by atoms with E-state index in [1.54, 1.807) is 6.20 Å². The largest absolute Gasteiger partial charge is 0.388 e. The fourth-order valence-electron chi connectivity index (χ4n) is 1.13. The Labute approximate surface area is 96.1 Å². The molecule has 3 nitrogen and oxygen atoms in total. The molecular weight excluding hydrogens is 206 g/mol. The van der Waals surface area contributed by atoms with Gasteiger partial charge in [0.25, 0.3) is 0 Å². The second-order valence-electron chi connectivity index (χ2n) is 3.94. The second kappa shape index (κ2) is 5.07. The first-order chi connectivity index (χ1) is 7.02. The van der Waals surface area contributed by atoms with Gasteiger partial charge in [0.05, 0.1) is 5.69 Å². The zero-order chi connectivity index (χ0) is 11.4. The second-order valence-corrected chi connectivity index (χ2v) is 4.38. The van der Waals surface area contributed by atoms with E-state index in [9.17, 15) is 0 Å². The van der Waals surface area contributed by atoms with Gasteiger partial charge in [-0.1, -0.05) is 26.1 Å². The molecule has 3 N–H and O–H groups in total. The van der Waals surface area contributed by atoms with Crippen LogP contribution in [-0.2, 0) is 0 Å². The van der Waals surface area contributed by atoms with Gasteiger partial charge in [-0.05, 0) is 25.0 Å². The summed E-state index contributed by atoms with van der Waals surface area (Å²) in [6.07, 6.45) is 1.69. The van der Waals surface area contributed by atoms with Crippen LogP contribution in [0.2, 0.25) is 0 Å². The topological polar surface area (TPSA) is 50.9 Å². The first-order valence-corrected chi connectivity index (χ1v) is 5.44. The van der Waals surface area contributed by atoms with E-state index in [0.717, 1.165) is 5.69 Å². The van der Waals surface area contributed by atoms with Crippen LogP contribution in [0.15, 0.2) is 18.3 Å². The summed E-state index contributed by atoms with van der Waals surface area (Å²) < 4.78 is 0. The van der Waals surface area contributed by atoms with Crippen molar-refractivity contribution in [3.63, 3.8) is 0 Å². The van der Waals surface area contributed by atoms with Gasteiger partial charge in [-0.3, -0.25) is 4.98 Å². The zero-order valence-electron chi connectivity index (χ0n) is 9.32. The smallest absolute Gasteiger partial charge is 0.124 e. The van der Waals surface area contributed by atoms with E-state index < -0.39 is 0 Å². The Morgan fingerprint density at radius 2 is 2.13 bits per heavy atom. The molecule has 0 bridgehead atoms. The number of nitrogens with two attached hydrogens (primary N) is 1. The Kier molecular flexibility index (Phi) is 4.03. The van der Waals surface area contributed by atoms with Crippen molar-refractivity contribution in [1.82, 2.24) is 4.98 Å². The quantitative estimate of drug-likeness (QED) is 0.768. The average Bonchev–Trinajstić information content (AvgIpc) is 2.18. The highest BCUT2D eigenvalue weighted by molar-refractivity contribution is 7.80. The number of hydrogen-bond donors (Lipinski definition) is 2. The van der Waals surface area contributed by atoms with Gasteiger partial charge in [0.1, 0.15) is 10.7 Å². The lowest BCUT2D eigenvalue weighted by molar-refractivity contribution is 0.560. The number of nitrogens with zero attached hydrogens (tertiary/aromatic N) is 1. The summed E-state index contributed by atoms with van der Waals surface area (Å²) in [7, 11) is 0. The minimum Gasteiger partial charge on any atom is -0.388 e. The van der Waals surface area contributed by atoms with Crippen LogP contribution in [0.3, 0.4) is 0 Å². The highest BCUT2D eigenvalue weighted by Crippen LogP contribution is 2.15. The summed E-state index contributed by atoms with van der Waals surface area (Å²) >= 11 is 4.94. The van der Waals surface area contributed by atoms with E-state index in [2.05, 4.69) is 31.1 Å². The van der Waals surface area contributed by atoms with Crippen molar-refractivity contribution in [3.8, 4) is 0 Å². The number of hydrogen-bond acceptors (Lipinski definition) is 3. The van der Waals surface area contributed by atoms with E-state index in [1.807, 2.05) is 12.1 Å². The van der Waals surface area contributed by atoms with Crippen molar-refractivity contribution >= 4 is 22.9 Å². The Bertz CT molecular complexity index is 349. The molecule has 0 spiro atoms. The fraction of sp³-hybridized carbons (Fsp3) is 0.455. The number of nitrogens with one attached hydrogen (secondary N) is 1. The van der Waals surface area contributed by atoms with E-state index in [0.29, 0.717) is 22.6 Å². The predicted octanol–water partition coefficient (Wildman–Crippen LogP) is 2.17. The summed E-state index contributed by atoms with van der Waals surface area (Å²) in [5.74, 6) is 0.546. The summed E-state index contributed by atoms with van der Waals surface area (Å²) in [5, 5.41) is 3.36. The van der Waals surface area contributed by atoms with Crippen LogP contribution < -0.4 is 11.1 Å². The minimum atomic E-state index is 0.328. The molecule has 1 unspecified atom stereocenters. The zero-order valence-corrected chi connectivity index (χ0v) is 10.1.